The molecule has 0 saturated carbocycles. The van der Waals surface area contributed by atoms with Crippen molar-refractivity contribution in [2.75, 3.05) is 5.32 Å². The predicted octanol–water partition coefficient (Wildman–Crippen LogP) is 6.06. The van der Waals surface area contributed by atoms with Crippen molar-refractivity contribution in [3.63, 3.8) is 0 Å². The number of aromatic nitrogens is 5. The number of nitrogens with zero attached hydrogens (tertiary/aromatic N) is 5. The molecule has 0 radical (unpaired) electrons. The quantitative estimate of drug-likeness (QED) is 0.307. The molecule has 0 bridgehead atoms. The Morgan fingerprint density at radius 1 is 0.973 bits per heavy atom. The molecule has 5 aromatic rings. The standard InChI is InChI=1S/C28H26F2N6O/c1-16-5-9-20(10-6-16)15-35-19(4)25(18(3)34-35)33-28(37)22-14-31-36-24(26(29)30)13-23(32-27(22)36)21-11-7-17(2)8-12-21/h5-14,26H,15H2,1-4H3,(H,33,37). The number of carbonyl (C=O) groups excluding carboxylic acids is 1. The third kappa shape index (κ3) is 4.72. The van der Waals surface area contributed by atoms with Gasteiger partial charge in [-0.3, -0.25) is 9.48 Å². The highest BCUT2D eigenvalue weighted by molar-refractivity contribution is 6.08. The van der Waals surface area contributed by atoms with Crippen LogP contribution in [0, 0.1) is 27.7 Å². The summed E-state index contributed by atoms with van der Waals surface area (Å²) in [5.41, 5.74) is 6.14. The van der Waals surface area contributed by atoms with Gasteiger partial charge < -0.3 is 5.32 Å². The van der Waals surface area contributed by atoms with Crippen LogP contribution in [0.3, 0.4) is 0 Å². The van der Waals surface area contributed by atoms with E-state index >= 15 is 0 Å². The second-order valence-corrected chi connectivity index (χ2v) is 9.17. The van der Waals surface area contributed by atoms with Gasteiger partial charge in [0.2, 0.25) is 0 Å². The number of fused-ring (bicyclic) bond motifs is 1. The molecule has 7 nitrogen and oxygen atoms in total. The molecule has 0 aliphatic rings. The van der Waals surface area contributed by atoms with Crippen LogP contribution >= 0.6 is 0 Å². The first kappa shape index (κ1) is 24.3. The highest BCUT2D eigenvalue weighted by Crippen LogP contribution is 2.28. The van der Waals surface area contributed by atoms with E-state index in [1.165, 1.54) is 17.8 Å². The molecule has 0 aliphatic carbocycles. The van der Waals surface area contributed by atoms with Crippen molar-refractivity contribution in [2.45, 2.75) is 40.7 Å². The number of hydrogen-bond acceptors (Lipinski definition) is 4. The lowest BCUT2D eigenvalue weighted by atomic mass is 10.1. The fourth-order valence-electron chi connectivity index (χ4n) is 4.25. The Balaban J connectivity index is 1.49. The van der Waals surface area contributed by atoms with Gasteiger partial charge in [0.1, 0.15) is 11.3 Å². The number of rotatable bonds is 6. The highest BCUT2D eigenvalue weighted by Gasteiger charge is 2.23. The Kier molecular flexibility index (Phi) is 6.29. The van der Waals surface area contributed by atoms with E-state index in [1.807, 2.05) is 80.9 Å². The summed E-state index contributed by atoms with van der Waals surface area (Å²) in [6.45, 7) is 8.22. The number of nitrogens with one attached hydrogen (secondary N) is 1. The Hall–Kier alpha value is -4.40. The minimum absolute atomic E-state index is 0.0632. The van der Waals surface area contributed by atoms with Gasteiger partial charge in [-0.1, -0.05) is 59.7 Å². The van der Waals surface area contributed by atoms with Crippen molar-refractivity contribution in [3.8, 4) is 11.3 Å². The fourth-order valence-corrected chi connectivity index (χ4v) is 4.25. The van der Waals surface area contributed by atoms with Crippen molar-refractivity contribution in [1.29, 1.82) is 0 Å². The predicted molar refractivity (Wildman–Crippen MR) is 138 cm³/mol. The number of alkyl halides is 2. The van der Waals surface area contributed by atoms with E-state index < -0.39 is 12.3 Å². The zero-order valence-electron chi connectivity index (χ0n) is 21.0. The average Bonchev–Trinajstić information content (AvgIpc) is 3.41. The maximum atomic E-state index is 13.9. The molecule has 188 valence electrons. The summed E-state index contributed by atoms with van der Waals surface area (Å²) >= 11 is 0. The zero-order valence-corrected chi connectivity index (χ0v) is 21.0. The molecule has 5 rings (SSSR count). The van der Waals surface area contributed by atoms with Crippen LogP contribution in [0.1, 0.15) is 50.6 Å². The average molecular weight is 501 g/mol. The Morgan fingerprint density at radius 3 is 2.27 bits per heavy atom. The Labute approximate surface area is 212 Å². The molecule has 0 atom stereocenters. The molecule has 3 heterocycles. The monoisotopic (exact) mass is 500 g/mol. The number of carbonyl (C=O) groups is 1. The second-order valence-electron chi connectivity index (χ2n) is 9.17. The first-order valence-electron chi connectivity index (χ1n) is 11.9. The van der Waals surface area contributed by atoms with E-state index in [2.05, 4.69) is 20.5 Å². The van der Waals surface area contributed by atoms with Gasteiger partial charge in [0.05, 0.1) is 35.5 Å². The van der Waals surface area contributed by atoms with Crippen LogP contribution < -0.4 is 5.32 Å². The smallest absolute Gasteiger partial charge is 0.280 e. The SMILES string of the molecule is Cc1ccc(Cn2nc(C)c(NC(=O)c3cnn4c(C(F)F)cc(-c5ccc(C)cc5)nc34)c2C)cc1. The fraction of sp³-hybridized carbons (Fsp3) is 0.214. The summed E-state index contributed by atoms with van der Waals surface area (Å²) in [5.74, 6) is -0.496. The maximum Gasteiger partial charge on any atom is 0.280 e. The van der Waals surface area contributed by atoms with E-state index in [0.29, 0.717) is 29.2 Å². The van der Waals surface area contributed by atoms with Crippen molar-refractivity contribution >= 4 is 17.2 Å². The third-order valence-corrected chi connectivity index (χ3v) is 6.39. The lowest BCUT2D eigenvalue weighted by Gasteiger charge is -2.09. The molecule has 37 heavy (non-hydrogen) atoms. The Bertz CT molecular complexity index is 1600. The normalized spacial score (nSPS) is 11.4. The molecule has 9 heteroatoms. The van der Waals surface area contributed by atoms with Crippen LogP contribution in [0.4, 0.5) is 14.5 Å². The summed E-state index contributed by atoms with van der Waals surface area (Å²) in [4.78, 5) is 17.9. The van der Waals surface area contributed by atoms with Crippen molar-refractivity contribution in [1.82, 2.24) is 24.4 Å². The summed E-state index contributed by atoms with van der Waals surface area (Å²) in [6.07, 6.45) is -1.53. The zero-order chi connectivity index (χ0) is 26.3. The molecule has 0 saturated heterocycles. The summed E-state index contributed by atoms with van der Waals surface area (Å²) in [5, 5.41) is 11.5. The number of hydrogen-bond donors (Lipinski definition) is 1. The van der Waals surface area contributed by atoms with Gasteiger partial charge in [-0.15, -0.1) is 0 Å². The first-order chi connectivity index (χ1) is 17.7. The molecule has 0 unspecified atom stereocenters. The minimum Gasteiger partial charge on any atom is -0.319 e. The van der Waals surface area contributed by atoms with Gasteiger partial charge in [-0.2, -0.15) is 10.2 Å². The maximum absolute atomic E-state index is 13.9. The number of amides is 1. The largest absolute Gasteiger partial charge is 0.319 e. The second kappa shape index (κ2) is 9.57. The van der Waals surface area contributed by atoms with Crippen molar-refractivity contribution in [3.05, 3.63) is 100 Å². The number of benzene rings is 2. The van der Waals surface area contributed by atoms with E-state index in [1.54, 1.807) is 0 Å². The molecule has 0 aliphatic heterocycles. The molecular weight excluding hydrogens is 474 g/mol. The van der Waals surface area contributed by atoms with Crippen LogP contribution in [0.5, 0.6) is 0 Å². The molecule has 1 N–H and O–H groups in total. The molecular formula is C28H26F2N6O. The van der Waals surface area contributed by atoms with Crippen LogP contribution in [-0.2, 0) is 6.54 Å². The number of aryl methyl sites for hydroxylation is 3. The van der Waals surface area contributed by atoms with Crippen LogP contribution in [0.15, 0.2) is 60.8 Å². The van der Waals surface area contributed by atoms with Gasteiger partial charge in [0, 0.05) is 5.56 Å². The lowest BCUT2D eigenvalue weighted by Crippen LogP contribution is -2.14. The number of anilines is 1. The van der Waals surface area contributed by atoms with Crippen molar-refractivity contribution in [2.24, 2.45) is 0 Å². The lowest BCUT2D eigenvalue weighted by molar-refractivity contribution is 0.102. The van der Waals surface area contributed by atoms with Crippen molar-refractivity contribution < 1.29 is 13.6 Å². The van der Waals surface area contributed by atoms with Crippen LogP contribution in [0.2, 0.25) is 0 Å². The number of halogens is 2. The summed E-state index contributed by atoms with van der Waals surface area (Å²) < 4.78 is 30.7. The first-order valence-corrected chi connectivity index (χ1v) is 11.9. The van der Waals surface area contributed by atoms with Gasteiger partial charge in [0.15, 0.2) is 5.65 Å². The molecule has 0 spiro atoms. The summed E-state index contributed by atoms with van der Waals surface area (Å²) in [7, 11) is 0. The Morgan fingerprint density at radius 2 is 1.62 bits per heavy atom. The van der Waals surface area contributed by atoms with E-state index in [0.717, 1.165) is 21.3 Å². The van der Waals surface area contributed by atoms with E-state index in [4.69, 9.17) is 0 Å². The van der Waals surface area contributed by atoms with E-state index in [-0.39, 0.29) is 16.9 Å². The van der Waals surface area contributed by atoms with Crippen LogP contribution in [0.25, 0.3) is 16.9 Å². The minimum atomic E-state index is -2.80. The topological polar surface area (TPSA) is 77.1 Å². The van der Waals surface area contributed by atoms with Gasteiger partial charge in [0.25, 0.3) is 12.3 Å². The third-order valence-electron chi connectivity index (χ3n) is 6.39. The summed E-state index contributed by atoms with van der Waals surface area (Å²) in [6, 6.07) is 16.9. The molecule has 2 aromatic carbocycles. The van der Waals surface area contributed by atoms with Gasteiger partial charge >= 0.3 is 0 Å². The molecule has 1 amide bonds. The van der Waals surface area contributed by atoms with Gasteiger partial charge in [-0.25, -0.2) is 18.3 Å². The van der Waals surface area contributed by atoms with E-state index in [9.17, 15) is 13.6 Å². The van der Waals surface area contributed by atoms with Crippen LogP contribution in [-0.4, -0.2) is 30.3 Å². The molecule has 3 aromatic heterocycles. The highest BCUT2D eigenvalue weighted by atomic mass is 19.3. The molecule has 0 fully saturated rings. The van der Waals surface area contributed by atoms with Gasteiger partial charge in [-0.05, 0) is 39.3 Å².